The highest BCUT2D eigenvalue weighted by Gasteiger charge is 2.17. The minimum atomic E-state index is -0.503. The zero-order valence-electron chi connectivity index (χ0n) is 15.0. The van der Waals surface area contributed by atoms with Gasteiger partial charge in [0.1, 0.15) is 5.60 Å². The molecule has 8 heteroatoms. The molecule has 0 amide bonds. The molecule has 0 unspecified atom stereocenters. The molecular weight excluding hydrogens is 390 g/mol. The molecule has 0 bridgehead atoms. The van der Waals surface area contributed by atoms with E-state index in [1.165, 1.54) is 14.2 Å². The smallest absolute Gasteiger partial charge is 0.320 e. The molecule has 2 aromatic rings. The van der Waals surface area contributed by atoms with E-state index >= 15 is 0 Å². The number of carbonyl (C=O) groups excluding carboxylic acids is 1. The monoisotopic (exact) mass is 411 g/mol. The number of hydrogen-bond acceptors (Lipinski definition) is 7. The zero-order chi connectivity index (χ0) is 18.6. The molecule has 0 aliphatic heterocycles. The second-order valence-electron chi connectivity index (χ2n) is 6.36. The van der Waals surface area contributed by atoms with Crippen molar-refractivity contribution < 1.29 is 19.0 Å². The summed E-state index contributed by atoms with van der Waals surface area (Å²) in [4.78, 5) is 20.7. The van der Waals surface area contributed by atoms with Crippen LogP contribution in [0, 0.1) is 0 Å². The van der Waals surface area contributed by atoms with E-state index in [9.17, 15) is 4.79 Å². The molecule has 1 heterocycles. The van der Waals surface area contributed by atoms with Crippen LogP contribution in [-0.4, -0.2) is 42.3 Å². The molecule has 0 fully saturated rings. The molecule has 0 aliphatic rings. The first-order valence-electron chi connectivity index (χ1n) is 7.74. The fourth-order valence-corrected chi connectivity index (χ4v) is 2.73. The number of carbonyl (C=O) groups is 1. The largest absolute Gasteiger partial charge is 0.477 e. The summed E-state index contributed by atoms with van der Waals surface area (Å²) in [5.74, 6) is 0.323. The Bertz CT molecular complexity index is 775. The molecule has 0 saturated heterocycles. The molecule has 0 radical (unpaired) electrons. The first-order chi connectivity index (χ1) is 11.7. The standard InChI is InChI=1S/C17H22BrN3O4/c1-17(2,3)25-13(22)9-19-8-10-6-11(18)7-12-14(10)21-16(24-5)15(20-12)23-4/h6-7,19H,8-9H2,1-5H3. The van der Waals surface area contributed by atoms with Gasteiger partial charge in [0.25, 0.3) is 11.8 Å². The normalized spacial score (nSPS) is 11.4. The van der Waals surface area contributed by atoms with Crippen LogP contribution in [0.4, 0.5) is 0 Å². The Balaban J connectivity index is 2.21. The third kappa shape index (κ3) is 5.27. The van der Waals surface area contributed by atoms with Crippen LogP contribution in [0.25, 0.3) is 11.0 Å². The predicted octanol–water partition coefficient (Wildman–Crippen LogP) is 2.84. The second kappa shape index (κ2) is 7.97. The quantitative estimate of drug-likeness (QED) is 0.731. The minimum absolute atomic E-state index is 0.103. The van der Waals surface area contributed by atoms with Crippen molar-refractivity contribution in [3.05, 3.63) is 22.2 Å². The Labute approximate surface area is 155 Å². The SMILES string of the molecule is COc1nc2cc(Br)cc(CNCC(=O)OC(C)(C)C)c2nc1OC. The Morgan fingerprint density at radius 1 is 1.16 bits per heavy atom. The van der Waals surface area contributed by atoms with E-state index in [0.717, 1.165) is 10.0 Å². The lowest BCUT2D eigenvalue weighted by Crippen LogP contribution is -2.31. The Kier molecular flexibility index (Phi) is 6.18. The highest BCUT2D eigenvalue weighted by Crippen LogP contribution is 2.29. The number of benzene rings is 1. The highest BCUT2D eigenvalue weighted by atomic mass is 79.9. The van der Waals surface area contributed by atoms with E-state index in [4.69, 9.17) is 14.2 Å². The first-order valence-corrected chi connectivity index (χ1v) is 8.53. The average Bonchev–Trinajstić information content (AvgIpc) is 2.51. The van der Waals surface area contributed by atoms with Crippen LogP contribution in [0.1, 0.15) is 26.3 Å². The van der Waals surface area contributed by atoms with E-state index in [2.05, 4.69) is 31.2 Å². The van der Waals surface area contributed by atoms with Gasteiger partial charge in [-0.1, -0.05) is 15.9 Å². The highest BCUT2D eigenvalue weighted by molar-refractivity contribution is 9.10. The predicted molar refractivity (Wildman–Crippen MR) is 97.9 cm³/mol. The third-order valence-corrected chi connectivity index (χ3v) is 3.60. The van der Waals surface area contributed by atoms with Crippen molar-refractivity contribution >= 4 is 32.9 Å². The van der Waals surface area contributed by atoms with Crippen molar-refractivity contribution in [3.63, 3.8) is 0 Å². The maximum Gasteiger partial charge on any atom is 0.320 e. The molecule has 0 atom stereocenters. The van der Waals surface area contributed by atoms with Crippen molar-refractivity contribution in [1.82, 2.24) is 15.3 Å². The number of hydrogen-bond donors (Lipinski definition) is 1. The second-order valence-corrected chi connectivity index (χ2v) is 7.28. The molecule has 1 N–H and O–H groups in total. The molecule has 1 aromatic heterocycles. The fourth-order valence-electron chi connectivity index (χ4n) is 2.24. The first kappa shape index (κ1) is 19.4. The minimum Gasteiger partial charge on any atom is -0.477 e. The number of ether oxygens (including phenoxy) is 3. The molecule has 2 rings (SSSR count). The van der Waals surface area contributed by atoms with Gasteiger partial charge < -0.3 is 19.5 Å². The van der Waals surface area contributed by atoms with Gasteiger partial charge in [-0.2, -0.15) is 0 Å². The van der Waals surface area contributed by atoms with Crippen molar-refractivity contribution in [2.45, 2.75) is 32.9 Å². The van der Waals surface area contributed by atoms with E-state index in [1.54, 1.807) is 0 Å². The van der Waals surface area contributed by atoms with Crippen LogP contribution in [0.5, 0.6) is 11.8 Å². The van der Waals surface area contributed by atoms with E-state index in [0.29, 0.717) is 29.3 Å². The van der Waals surface area contributed by atoms with Gasteiger partial charge in [-0.15, -0.1) is 0 Å². The van der Waals surface area contributed by atoms with Crippen LogP contribution in [-0.2, 0) is 16.1 Å². The lowest BCUT2D eigenvalue weighted by atomic mass is 10.1. The maximum atomic E-state index is 11.8. The summed E-state index contributed by atoms with van der Waals surface area (Å²) in [5.41, 5.74) is 1.72. The van der Waals surface area contributed by atoms with Crippen LogP contribution in [0.3, 0.4) is 0 Å². The molecular formula is C17H22BrN3O4. The van der Waals surface area contributed by atoms with Crippen LogP contribution in [0.15, 0.2) is 16.6 Å². The van der Waals surface area contributed by atoms with E-state index < -0.39 is 5.60 Å². The summed E-state index contributed by atoms with van der Waals surface area (Å²) in [6, 6.07) is 3.77. The summed E-state index contributed by atoms with van der Waals surface area (Å²) in [6.07, 6.45) is 0. The molecule has 25 heavy (non-hydrogen) atoms. The molecule has 0 saturated carbocycles. The number of nitrogens with zero attached hydrogens (tertiary/aromatic N) is 2. The summed E-state index contributed by atoms with van der Waals surface area (Å²) < 4.78 is 16.6. The van der Waals surface area contributed by atoms with Crippen molar-refractivity contribution in [2.75, 3.05) is 20.8 Å². The fraction of sp³-hybridized carbons (Fsp3) is 0.471. The number of esters is 1. The van der Waals surface area contributed by atoms with Crippen LogP contribution >= 0.6 is 15.9 Å². The zero-order valence-corrected chi connectivity index (χ0v) is 16.6. The number of aromatic nitrogens is 2. The van der Waals surface area contributed by atoms with Crippen LogP contribution < -0.4 is 14.8 Å². The van der Waals surface area contributed by atoms with E-state index in [-0.39, 0.29) is 12.5 Å². The van der Waals surface area contributed by atoms with Crippen molar-refractivity contribution in [3.8, 4) is 11.8 Å². The molecule has 1 aromatic carbocycles. The van der Waals surface area contributed by atoms with Gasteiger partial charge in [0.15, 0.2) is 0 Å². The Hall–Kier alpha value is -1.93. The Morgan fingerprint density at radius 2 is 1.80 bits per heavy atom. The summed E-state index contributed by atoms with van der Waals surface area (Å²) in [5, 5.41) is 3.07. The van der Waals surface area contributed by atoms with Crippen molar-refractivity contribution in [1.29, 1.82) is 0 Å². The summed E-state index contributed by atoms with van der Waals surface area (Å²) in [7, 11) is 3.03. The van der Waals surface area contributed by atoms with Gasteiger partial charge >= 0.3 is 5.97 Å². The van der Waals surface area contributed by atoms with Gasteiger partial charge in [0.2, 0.25) is 0 Å². The van der Waals surface area contributed by atoms with Gasteiger partial charge in [-0.05, 0) is 38.5 Å². The summed E-state index contributed by atoms with van der Waals surface area (Å²) >= 11 is 3.47. The van der Waals surface area contributed by atoms with Gasteiger partial charge in [-0.3, -0.25) is 4.79 Å². The number of methoxy groups -OCH3 is 2. The lowest BCUT2D eigenvalue weighted by molar-refractivity contribution is -0.153. The lowest BCUT2D eigenvalue weighted by Gasteiger charge is -2.19. The molecule has 7 nitrogen and oxygen atoms in total. The average molecular weight is 412 g/mol. The number of rotatable bonds is 6. The number of halogens is 1. The van der Waals surface area contributed by atoms with Gasteiger partial charge in [0.05, 0.1) is 31.8 Å². The summed E-state index contributed by atoms with van der Waals surface area (Å²) in [6.45, 7) is 6.04. The third-order valence-electron chi connectivity index (χ3n) is 3.14. The Morgan fingerprint density at radius 3 is 2.40 bits per heavy atom. The van der Waals surface area contributed by atoms with E-state index in [1.807, 2.05) is 32.9 Å². The topological polar surface area (TPSA) is 82.6 Å². The van der Waals surface area contributed by atoms with Gasteiger partial charge in [-0.25, -0.2) is 9.97 Å². The molecule has 0 spiro atoms. The number of fused-ring (bicyclic) bond motifs is 1. The molecule has 0 aliphatic carbocycles. The van der Waals surface area contributed by atoms with Gasteiger partial charge in [0, 0.05) is 11.0 Å². The molecule has 136 valence electrons. The van der Waals surface area contributed by atoms with Crippen molar-refractivity contribution in [2.24, 2.45) is 0 Å². The maximum absolute atomic E-state index is 11.8. The van der Waals surface area contributed by atoms with Crippen LogP contribution in [0.2, 0.25) is 0 Å². The number of nitrogens with one attached hydrogen (secondary N) is 1.